The number of nitrogens with one attached hydrogen (secondary N) is 2. The van der Waals surface area contributed by atoms with Gasteiger partial charge in [0.15, 0.2) is 5.69 Å². The minimum Gasteiger partial charge on any atom is -0.469 e. The average molecular weight is 289 g/mol. The summed E-state index contributed by atoms with van der Waals surface area (Å²) in [5.74, 6) is -0.373. The monoisotopic (exact) mass is 289 g/mol. The fourth-order valence-electron chi connectivity index (χ4n) is 2.10. The number of aromatic nitrogens is 2. The number of amides is 1. The van der Waals surface area contributed by atoms with Crippen LogP contribution in [0.5, 0.6) is 0 Å². The van der Waals surface area contributed by atoms with Crippen LogP contribution in [0.25, 0.3) is 10.9 Å². The van der Waals surface area contributed by atoms with Crippen LogP contribution in [0.4, 0.5) is 0 Å². The van der Waals surface area contributed by atoms with Crippen molar-refractivity contribution >= 4 is 22.8 Å². The summed E-state index contributed by atoms with van der Waals surface area (Å²) < 4.78 is 4.56. The highest BCUT2D eigenvalue weighted by Crippen LogP contribution is 2.14. The summed E-state index contributed by atoms with van der Waals surface area (Å²) in [6, 6.07) is 7.51. The van der Waals surface area contributed by atoms with E-state index in [1.807, 2.05) is 24.3 Å². The lowest BCUT2D eigenvalue weighted by atomic mass is 10.2. The maximum absolute atomic E-state index is 12.0. The number of fused-ring (bicyclic) bond motifs is 1. The average Bonchev–Trinajstić information content (AvgIpc) is 2.94. The van der Waals surface area contributed by atoms with E-state index in [0.717, 1.165) is 30.2 Å². The summed E-state index contributed by atoms with van der Waals surface area (Å²) in [6.07, 6.45) is 2.89. The summed E-state index contributed by atoms with van der Waals surface area (Å²) >= 11 is 0. The first kappa shape index (κ1) is 15.0. The zero-order valence-electron chi connectivity index (χ0n) is 12.0. The van der Waals surface area contributed by atoms with Gasteiger partial charge in [-0.3, -0.25) is 14.7 Å². The highest BCUT2D eigenvalue weighted by atomic mass is 16.5. The highest BCUT2D eigenvalue weighted by molar-refractivity contribution is 6.04. The fraction of sp³-hybridized carbons (Fsp3) is 0.400. The topological polar surface area (TPSA) is 84.1 Å². The highest BCUT2D eigenvalue weighted by Gasteiger charge is 2.12. The van der Waals surface area contributed by atoms with Crippen molar-refractivity contribution in [3.8, 4) is 0 Å². The molecule has 2 N–H and O–H groups in total. The fourth-order valence-corrected chi connectivity index (χ4v) is 2.10. The van der Waals surface area contributed by atoms with Gasteiger partial charge in [-0.15, -0.1) is 0 Å². The minimum atomic E-state index is -0.193. The number of ether oxygens (including phenoxy) is 1. The molecular formula is C15H19N3O3. The maximum Gasteiger partial charge on any atom is 0.305 e. The van der Waals surface area contributed by atoms with Crippen LogP contribution in [0.1, 0.15) is 36.2 Å². The lowest BCUT2D eigenvalue weighted by Gasteiger charge is -2.03. The Hall–Kier alpha value is -2.37. The maximum atomic E-state index is 12.0. The number of carbonyl (C=O) groups is 2. The van der Waals surface area contributed by atoms with Crippen LogP contribution in [0.3, 0.4) is 0 Å². The Morgan fingerprint density at radius 2 is 2.05 bits per heavy atom. The number of rotatable bonds is 7. The molecular weight excluding hydrogens is 270 g/mol. The van der Waals surface area contributed by atoms with E-state index in [1.165, 1.54) is 7.11 Å². The van der Waals surface area contributed by atoms with Crippen molar-refractivity contribution in [1.29, 1.82) is 0 Å². The zero-order valence-corrected chi connectivity index (χ0v) is 12.0. The van der Waals surface area contributed by atoms with E-state index in [1.54, 1.807) is 0 Å². The molecule has 1 aromatic heterocycles. The molecule has 0 aliphatic carbocycles. The molecule has 0 bridgehead atoms. The first-order chi connectivity index (χ1) is 10.2. The van der Waals surface area contributed by atoms with Gasteiger partial charge < -0.3 is 10.1 Å². The second-order valence-electron chi connectivity index (χ2n) is 4.76. The SMILES string of the molecule is COC(=O)CCCCCNC(=O)c1n[nH]c2ccccc12. The predicted molar refractivity (Wildman–Crippen MR) is 78.9 cm³/mol. The third-order valence-corrected chi connectivity index (χ3v) is 3.26. The number of methoxy groups -OCH3 is 1. The Morgan fingerprint density at radius 1 is 1.24 bits per heavy atom. The normalized spacial score (nSPS) is 10.5. The molecule has 0 atom stereocenters. The quantitative estimate of drug-likeness (QED) is 0.603. The molecule has 1 amide bonds. The Morgan fingerprint density at radius 3 is 2.86 bits per heavy atom. The number of aromatic amines is 1. The molecule has 0 radical (unpaired) electrons. The first-order valence-corrected chi connectivity index (χ1v) is 7.00. The van der Waals surface area contributed by atoms with Crippen LogP contribution in [-0.2, 0) is 9.53 Å². The molecule has 2 rings (SSSR count). The number of benzene rings is 1. The molecule has 6 heteroatoms. The van der Waals surface area contributed by atoms with Crippen molar-refractivity contribution in [3.05, 3.63) is 30.0 Å². The van der Waals surface area contributed by atoms with Gasteiger partial charge in [0.25, 0.3) is 5.91 Å². The Labute approximate surface area is 122 Å². The van der Waals surface area contributed by atoms with Gasteiger partial charge in [-0.1, -0.05) is 24.6 Å². The number of carbonyl (C=O) groups excluding carboxylic acids is 2. The van der Waals surface area contributed by atoms with Gasteiger partial charge >= 0.3 is 5.97 Å². The van der Waals surface area contributed by atoms with Crippen LogP contribution in [0, 0.1) is 0 Å². The van der Waals surface area contributed by atoms with Crippen molar-refractivity contribution in [2.24, 2.45) is 0 Å². The number of hydrogen-bond donors (Lipinski definition) is 2. The van der Waals surface area contributed by atoms with Crippen molar-refractivity contribution in [2.75, 3.05) is 13.7 Å². The third kappa shape index (κ3) is 4.05. The van der Waals surface area contributed by atoms with Crippen molar-refractivity contribution in [1.82, 2.24) is 15.5 Å². The van der Waals surface area contributed by atoms with E-state index in [4.69, 9.17) is 0 Å². The summed E-state index contributed by atoms with van der Waals surface area (Å²) in [6.45, 7) is 0.571. The van der Waals surface area contributed by atoms with Crippen LogP contribution in [0.15, 0.2) is 24.3 Å². The molecule has 0 aliphatic heterocycles. The minimum absolute atomic E-state index is 0.180. The van der Waals surface area contributed by atoms with Gasteiger partial charge in [0, 0.05) is 18.4 Å². The van der Waals surface area contributed by atoms with Crippen LogP contribution < -0.4 is 5.32 Å². The summed E-state index contributed by atoms with van der Waals surface area (Å²) in [5.41, 5.74) is 1.26. The molecule has 0 spiro atoms. The van der Waals surface area contributed by atoms with Crippen LogP contribution in [0.2, 0.25) is 0 Å². The smallest absolute Gasteiger partial charge is 0.305 e. The van der Waals surface area contributed by atoms with Gasteiger partial charge in [0.05, 0.1) is 12.6 Å². The van der Waals surface area contributed by atoms with Crippen LogP contribution in [-0.4, -0.2) is 35.7 Å². The molecule has 0 fully saturated rings. The molecule has 1 aromatic carbocycles. The summed E-state index contributed by atoms with van der Waals surface area (Å²) in [5, 5.41) is 10.5. The number of nitrogens with zero attached hydrogens (tertiary/aromatic N) is 1. The van der Waals surface area contributed by atoms with Crippen molar-refractivity contribution < 1.29 is 14.3 Å². The van der Waals surface area contributed by atoms with Gasteiger partial charge in [0.1, 0.15) is 0 Å². The molecule has 0 saturated carbocycles. The molecule has 6 nitrogen and oxygen atoms in total. The number of H-pyrrole nitrogens is 1. The molecule has 1 heterocycles. The Bertz CT molecular complexity index is 621. The van der Waals surface area contributed by atoms with Gasteiger partial charge in [0.2, 0.25) is 0 Å². The largest absolute Gasteiger partial charge is 0.469 e. The number of esters is 1. The predicted octanol–water partition coefficient (Wildman–Crippen LogP) is 2.03. The van der Waals surface area contributed by atoms with Crippen molar-refractivity contribution in [2.45, 2.75) is 25.7 Å². The zero-order chi connectivity index (χ0) is 15.1. The second kappa shape index (κ2) is 7.42. The van der Waals surface area contributed by atoms with Gasteiger partial charge in [-0.05, 0) is 18.9 Å². The van der Waals surface area contributed by atoms with Crippen molar-refractivity contribution in [3.63, 3.8) is 0 Å². The lowest BCUT2D eigenvalue weighted by molar-refractivity contribution is -0.140. The first-order valence-electron chi connectivity index (χ1n) is 7.00. The van der Waals surface area contributed by atoms with E-state index >= 15 is 0 Å². The molecule has 0 aliphatic rings. The van der Waals surface area contributed by atoms with E-state index in [0.29, 0.717) is 18.7 Å². The van der Waals surface area contributed by atoms with Crippen LogP contribution >= 0.6 is 0 Å². The Balaban J connectivity index is 1.74. The number of para-hydroxylation sites is 1. The standard InChI is InChI=1S/C15H19N3O3/c1-21-13(19)9-3-2-6-10-16-15(20)14-11-7-4-5-8-12(11)17-18-14/h4-5,7-8H,2-3,6,9-10H2,1H3,(H,16,20)(H,17,18). The Kier molecular flexibility index (Phi) is 5.31. The number of hydrogen-bond acceptors (Lipinski definition) is 4. The molecule has 2 aromatic rings. The second-order valence-corrected chi connectivity index (χ2v) is 4.76. The summed E-state index contributed by atoms with van der Waals surface area (Å²) in [4.78, 5) is 23.0. The van der Waals surface area contributed by atoms with E-state index < -0.39 is 0 Å². The van der Waals surface area contributed by atoms with Gasteiger partial charge in [-0.25, -0.2) is 0 Å². The molecule has 0 saturated heterocycles. The third-order valence-electron chi connectivity index (χ3n) is 3.26. The molecule has 21 heavy (non-hydrogen) atoms. The molecule has 0 unspecified atom stereocenters. The van der Waals surface area contributed by atoms with E-state index in [-0.39, 0.29) is 11.9 Å². The number of unbranched alkanes of at least 4 members (excludes halogenated alkanes) is 2. The van der Waals surface area contributed by atoms with Gasteiger partial charge in [-0.2, -0.15) is 5.10 Å². The lowest BCUT2D eigenvalue weighted by Crippen LogP contribution is -2.25. The summed E-state index contributed by atoms with van der Waals surface area (Å²) in [7, 11) is 1.39. The van der Waals surface area contributed by atoms with E-state index in [2.05, 4.69) is 20.3 Å². The molecule has 112 valence electrons. The van der Waals surface area contributed by atoms with E-state index in [9.17, 15) is 9.59 Å².